The van der Waals surface area contributed by atoms with E-state index in [0.29, 0.717) is 12.6 Å². The molecule has 1 aromatic rings. The first-order valence-electron chi connectivity index (χ1n) is 6.69. The molecule has 1 atom stereocenters. The van der Waals surface area contributed by atoms with Crippen LogP contribution in [-0.4, -0.2) is 37.7 Å². The van der Waals surface area contributed by atoms with E-state index in [1.54, 1.807) is 0 Å². The molecule has 1 aliphatic heterocycles. The fourth-order valence-electron chi connectivity index (χ4n) is 2.58. The van der Waals surface area contributed by atoms with Crippen molar-refractivity contribution in [2.45, 2.75) is 24.4 Å². The van der Waals surface area contributed by atoms with Crippen molar-refractivity contribution in [2.24, 2.45) is 5.73 Å². The molecule has 0 bridgehead atoms. The fraction of sp³-hybridized carbons (Fsp3) is 0.533. The summed E-state index contributed by atoms with van der Waals surface area (Å²) >= 11 is 0. The van der Waals surface area contributed by atoms with Crippen LogP contribution in [0.3, 0.4) is 0 Å². The van der Waals surface area contributed by atoms with Gasteiger partial charge in [-0.2, -0.15) is 5.26 Å². The molecule has 0 aromatic heterocycles. The van der Waals surface area contributed by atoms with E-state index >= 15 is 0 Å². The van der Waals surface area contributed by atoms with Crippen LogP contribution in [0, 0.1) is 11.3 Å². The lowest BCUT2D eigenvalue weighted by Crippen LogP contribution is -2.49. The van der Waals surface area contributed by atoms with Gasteiger partial charge in [-0.05, 0) is 25.5 Å². The average molecular weight is 259 g/mol. The molecule has 0 saturated carbocycles. The zero-order chi connectivity index (χ0) is 13.7. The number of nitrogens with two attached hydrogens (primary N) is 1. The van der Waals surface area contributed by atoms with Crippen molar-refractivity contribution in [3.8, 4) is 6.07 Å². The van der Waals surface area contributed by atoms with Crippen LogP contribution >= 0.6 is 0 Å². The van der Waals surface area contributed by atoms with Crippen LogP contribution in [0.5, 0.6) is 0 Å². The quantitative estimate of drug-likeness (QED) is 0.889. The highest BCUT2D eigenvalue weighted by molar-refractivity contribution is 5.31. The van der Waals surface area contributed by atoms with Crippen LogP contribution in [0.25, 0.3) is 0 Å². The third kappa shape index (κ3) is 3.32. The van der Waals surface area contributed by atoms with E-state index < -0.39 is 5.54 Å². The first kappa shape index (κ1) is 14.0. The first-order chi connectivity index (χ1) is 9.15. The molecular weight excluding hydrogens is 238 g/mol. The van der Waals surface area contributed by atoms with Crippen LogP contribution in [0.4, 0.5) is 0 Å². The third-order valence-corrected chi connectivity index (χ3v) is 3.80. The van der Waals surface area contributed by atoms with Crippen LogP contribution in [0.15, 0.2) is 30.3 Å². The third-order valence-electron chi connectivity index (χ3n) is 3.80. The predicted molar refractivity (Wildman–Crippen MR) is 74.4 cm³/mol. The SMILES string of the molecule is CN(CC(N)(C#N)c1ccccc1)C1CCOCC1. The molecule has 0 radical (unpaired) electrons. The summed E-state index contributed by atoms with van der Waals surface area (Å²) in [7, 11) is 2.04. The second-order valence-corrected chi connectivity index (χ2v) is 5.21. The maximum Gasteiger partial charge on any atom is 0.142 e. The van der Waals surface area contributed by atoms with Crippen molar-refractivity contribution in [1.29, 1.82) is 5.26 Å². The molecule has 1 aliphatic rings. The number of nitriles is 1. The molecular formula is C15H21N3O. The summed E-state index contributed by atoms with van der Waals surface area (Å²) in [5.74, 6) is 0. The van der Waals surface area contributed by atoms with E-state index in [4.69, 9.17) is 10.5 Å². The Bertz CT molecular complexity index is 436. The molecule has 2 N–H and O–H groups in total. The topological polar surface area (TPSA) is 62.3 Å². The molecule has 0 spiro atoms. The Balaban J connectivity index is 2.08. The van der Waals surface area contributed by atoms with Crippen molar-refractivity contribution >= 4 is 0 Å². The number of ether oxygens (including phenoxy) is 1. The smallest absolute Gasteiger partial charge is 0.142 e. The summed E-state index contributed by atoms with van der Waals surface area (Å²) in [4.78, 5) is 2.19. The lowest BCUT2D eigenvalue weighted by atomic mass is 9.91. The molecule has 1 unspecified atom stereocenters. The zero-order valence-corrected chi connectivity index (χ0v) is 11.4. The van der Waals surface area contributed by atoms with E-state index in [9.17, 15) is 5.26 Å². The summed E-state index contributed by atoms with van der Waals surface area (Å²) < 4.78 is 5.37. The van der Waals surface area contributed by atoms with Gasteiger partial charge in [-0.25, -0.2) is 0 Å². The van der Waals surface area contributed by atoms with Crippen LogP contribution in [-0.2, 0) is 10.3 Å². The monoisotopic (exact) mass is 259 g/mol. The van der Waals surface area contributed by atoms with Gasteiger partial charge in [0.05, 0.1) is 6.07 Å². The fourth-order valence-corrected chi connectivity index (χ4v) is 2.58. The minimum atomic E-state index is -0.950. The second-order valence-electron chi connectivity index (χ2n) is 5.21. The highest BCUT2D eigenvalue weighted by atomic mass is 16.5. The molecule has 1 aromatic carbocycles. The summed E-state index contributed by atoms with van der Waals surface area (Å²) in [5, 5.41) is 9.46. The molecule has 0 amide bonds. The number of hydrogen-bond acceptors (Lipinski definition) is 4. The van der Waals surface area contributed by atoms with E-state index in [1.165, 1.54) is 0 Å². The largest absolute Gasteiger partial charge is 0.381 e. The summed E-state index contributed by atoms with van der Waals surface area (Å²) in [5.41, 5.74) is 6.21. The van der Waals surface area contributed by atoms with Crippen molar-refractivity contribution in [2.75, 3.05) is 26.8 Å². The lowest BCUT2D eigenvalue weighted by molar-refractivity contribution is 0.0386. The predicted octanol–water partition coefficient (Wildman–Crippen LogP) is 1.47. The Kier molecular flexibility index (Phi) is 4.54. The molecule has 1 heterocycles. The van der Waals surface area contributed by atoms with Crippen LogP contribution in [0.2, 0.25) is 0 Å². The van der Waals surface area contributed by atoms with Gasteiger partial charge in [0.2, 0.25) is 0 Å². The normalized spacial score (nSPS) is 19.9. The van der Waals surface area contributed by atoms with E-state index in [2.05, 4.69) is 11.0 Å². The standard InChI is InChI=1S/C15H21N3O/c1-18(14-7-9-19-10-8-14)12-15(17,11-16)13-5-3-2-4-6-13/h2-6,14H,7-10,12,17H2,1H3. The summed E-state index contributed by atoms with van der Waals surface area (Å²) in [6, 6.07) is 12.3. The van der Waals surface area contributed by atoms with Gasteiger partial charge in [0.15, 0.2) is 0 Å². The number of hydrogen-bond donors (Lipinski definition) is 1. The number of likely N-dealkylation sites (N-methyl/N-ethyl adjacent to an activating group) is 1. The Hall–Kier alpha value is -1.41. The van der Waals surface area contributed by atoms with E-state index in [0.717, 1.165) is 31.6 Å². The molecule has 4 heteroatoms. The second kappa shape index (κ2) is 6.16. The van der Waals surface area contributed by atoms with Crippen molar-refractivity contribution in [3.63, 3.8) is 0 Å². The van der Waals surface area contributed by atoms with E-state index in [1.807, 2.05) is 37.4 Å². The zero-order valence-electron chi connectivity index (χ0n) is 11.4. The van der Waals surface area contributed by atoms with Crippen LogP contribution in [0.1, 0.15) is 18.4 Å². The van der Waals surface area contributed by atoms with Gasteiger partial charge >= 0.3 is 0 Å². The van der Waals surface area contributed by atoms with Gasteiger partial charge in [-0.1, -0.05) is 30.3 Å². The molecule has 1 fully saturated rings. The molecule has 0 aliphatic carbocycles. The number of rotatable bonds is 4. The number of benzene rings is 1. The van der Waals surface area contributed by atoms with E-state index in [-0.39, 0.29) is 0 Å². The van der Waals surface area contributed by atoms with Crippen molar-refractivity contribution < 1.29 is 4.74 Å². The Morgan fingerprint density at radius 2 is 2.00 bits per heavy atom. The summed E-state index contributed by atoms with van der Waals surface area (Å²) in [6.07, 6.45) is 2.01. The Morgan fingerprint density at radius 3 is 2.58 bits per heavy atom. The molecule has 4 nitrogen and oxygen atoms in total. The number of nitrogens with zero attached hydrogens (tertiary/aromatic N) is 2. The van der Waals surface area contributed by atoms with Gasteiger partial charge in [-0.15, -0.1) is 0 Å². The minimum Gasteiger partial charge on any atom is -0.381 e. The van der Waals surface area contributed by atoms with Crippen molar-refractivity contribution in [3.05, 3.63) is 35.9 Å². The average Bonchev–Trinajstić information content (AvgIpc) is 2.49. The minimum absolute atomic E-state index is 0.453. The van der Waals surface area contributed by atoms with Crippen LogP contribution < -0.4 is 5.73 Å². The molecule has 102 valence electrons. The molecule has 19 heavy (non-hydrogen) atoms. The van der Waals surface area contributed by atoms with Gasteiger partial charge in [0.25, 0.3) is 0 Å². The molecule has 1 saturated heterocycles. The van der Waals surface area contributed by atoms with Gasteiger partial charge < -0.3 is 10.5 Å². The maximum absolute atomic E-state index is 9.46. The highest BCUT2D eigenvalue weighted by Crippen LogP contribution is 2.21. The Labute approximate surface area is 114 Å². The van der Waals surface area contributed by atoms with Gasteiger partial charge in [0, 0.05) is 25.8 Å². The lowest BCUT2D eigenvalue weighted by Gasteiger charge is -2.35. The highest BCUT2D eigenvalue weighted by Gasteiger charge is 2.31. The van der Waals surface area contributed by atoms with Gasteiger partial charge in [0.1, 0.15) is 5.54 Å². The Morgan fingerprint density at radius 1 is 1.37 bits per heavy atom. The maximum atomic E-state index is 9.46. The first-order valence-corrected chi connectivity index (χ1v) is 6.69. The van der Waals surface area contributed by atoms with Crippen molar-refractivity contribution in [1.82, 2.24) is 4.90 Å². The van der Waals surface area contributed by atoms with Gasteiger partial charge in [-0.3, -0.25) is 4.90 Å². The summed E-state index contributed by atoms with van der Waals surface area (Å²) in [6.45, 7) is 2.13. The molecule has 2 rings (SSSR count).